The SMILES string of the molecule is CON=C1C2CCCC1C(c1ccc(Cl)cc1)N(C)C2c1ccc(Cl)cc1. The summed E-state index contributed by atoms with van der Waals surface area (Å²) in [5, 5.41) is 6.05. The van der Waals surface area contributed by atoms with Crippen LogP contribution in [0.5, 0.6) is 0 Å². The molecule has 142 valence electrons. The first kappa shape index (κ1) is 18.8. The molecule has 2 aromatic rings. The van der Waals surface area contributed by atoms with Crippen LogP contribution < -0.4 is 0 Å². The minimum atomic E-state index is 0.244. The fraction of sp³-hybridized carbons (Fsp3) is 0.409. The van der Waals surface area contributed by atoms with Crippen LogP contribution in [0.3, 0.4) is 0 Å². The summed E-state index contributed by atoms with van der Waals surface area (Å²) >= 11 is 12.3. The van der Waals surface area contributed by atoms with Gasteiger partial charge in [0.05, 0.1) is 5.71 Å². The standard InChI is InChI=1S/C22H24Cl2N2O/c1-26-21(14-6-10-16(23)11-7-14)18-4-3-5-19(20(18)25-27-2)22(26)15-8-12-17(24)13-9-15/h6-13,18-19,21-22H,3-5H2,1-2H3. The summed E-state index contributed by atoms with van der Waals surface area (Å²) in [6.45, 7) is 0. The second kappa shape index (κ2) is 7.83. The van der Waals surface area contributed by atoms with E-state index in [2.05, 4.69) is 41.4 Å². The van der Waals surface area contributed by atoms with E-state index in [0.717, 1.165) is 22.9 Å². The first-order valence-electron chi connectivity index (χ1n) is 9.44. The van der Waals surface area contributed by atoms with Gasteiger partial charge in [0.25, 0.3) is 0 Å². The molecule has 1 aliphatic carbocycles. The largest absolute Gasteiger partial charge is 0.399 e. The van der Waals surface area contributed by atoms with Crippen LogP contribution in [-0.2, 0) is 4.84 Å². The third kappa shape index (κ3) is 3.49. The zero-order chi connectivity index (χ0) is 19.0. The van der Waals surface area contributed by atoms with E-state index >= 15 is 0 Å². The Labute approximate surface area is 170 Å². The summed E-state index contributed by atoms with van der Waals surface area (Å²) < 4.78 is 0. The predicted molar refractivity (Wildman–Crippen MR) is 111 cm³/mol. The van der Waals surface area contributed by atoms with Crippen LogP contribution in [-0.4, -0.2) is 24.8 Å². The Morgan fingerprint density at radius 1 is 0.852 bits per heavy atom. The normalized spacial score (nSPS) is 28.1. The maximum Gasteiger partial charge on any atom is 0.106 e. The fourth-order valence-electron chi connectivity index (χ4n) is 5.00. The topological polar surface area (TPSA) is 24.8 Å². The monoisotopic (exact) mass is 402 g/mol. The first-order chi connectivity index (χ1) is 13.1. The van der Waals surface area contributed by atoms with Gasteiger partial charge in [-0.05, 0) is 55.3 Å². The van der Waals surface area contributed by atoms with E-state index in [9.17, 15) is 0 Å². The summed E-state index contributed by atoms with van der Waals surface area (Å²) in [6, 6.07) is 17.0. The van der Waals surface area contributed by atoms with Gasteiger partial charge in [0.15, 0.2) is 0 Å². The minimum Gasteiger partial charge on any atom is -0.399 e. The number of hydrogen-bond acceptors (Lipinski definition) is 3. The van der Waals surface area contributed by atoms with Gasteiger partial charge in [-0.3, -0.25) is 4.90 Å². The molecule has 1 saturated heterocycles. The van der Waals surface area contributed by atoms with Gasteiger partial charge in [0.2, 0.25) is 0 Å². The van der Waals surface area contributed by atoms with E-state index in [0.29, 0.717) is 11.8 Å². The molecule has 2 aromatic carbocycles. The molecule has 4 unspecified atom stereocenters. The minimum absolute atomic E-state index is 0.244. The Hall–Kier alpha value is -1.55. The lowest BCUT2D eigenvalue weighted by atomic mass is 9.66. The van der Waals surface area contributed by atoms with E-state index in [4.69, 9.17) is 28.0 Å². The second-order valence-corrected chi connectivity index (χ2v) is 8.37. The lowest BCUT2D eigenvalue weighted by Crippen LogP contribution is -2.51. The van der Waals surface area contributed by atoms with Crippen molar-refractivity contribution in [1.29, 1.82) is 0 Å². The van der Waals surface area contributed by atoms with Crippen LogP contribution in [0.2, 0.25) is 10.0 Å². The van der Waals surface area contributed by atoms with E-state index < -0.39 is 0 Å². The Balaban J connectivity index is 1.82. The van der Waals surface area contributed by atoms with Crippen molar-refractivity contribution in [2.75, 3.05) is 14.2 Å². The number of likely N-dealkylation sites (tertiary alicyclic amines) is 1. The van der Waals surface area contributed by atoms with E-state index in [-0.39, 0.29) is 12.1 Å². The zero-order valence-corrected chi connectivity index (χ0v) is 17.1. The molecule has 4 rings (SSSR count). The highest BCUT2D eigenvalue weighted by Gasteiger charge is 2.48. The highest BCUT2D eigenvalue weighted by atomic mass is 35.5. The molecule has 0 N–H and O–H groups in total. The number of rotatable bonds is 3. The van der Waals surface area contributed by atoms with E-state index in [1.807, 2.05) is 24.3 Å². The van der Waals surface area contributed by atoms with Crippen molar-refractivity contribution in [2.45, 2.75) is 31.3 Å². The molecule has 0 amide bonds. The zero-order valence-electron chi connectivity index (χ0n) is 15.6. The van der Waals surface area contributed by atoms with Crippen molar-refractivity contribution in [3.63, 3.8) is 0 Å². The van der Waals surface area contributed by atoms with Crippen LogP contribution in [0.25, 0.3) is 0 Å². The molecular formula is C22H24Cl2N2O. The summed E-state index contributed by atoms with van der Waals surface area (Å²) in [6.07, 6.45) is 3.47. The molecule has 1 aliphatic heterocycles. The summed E-state index contributed by atoms with van der Waals surface area (Å²) in [5.74, 6) is 0.719. The van der Waals surface area contributed by atoms with E-state index in [1.165, 1.54) is 23.3 Å². The van der Waals surface area contributed by atoms with Crippen LogP contribution in [0.4, 0.5) is 0 Å². The number of fused-ring (bicyclic) bond motifs is 2. The van der Waals surface area contributed by atoms with Crippen molar-refractivity contribution in [3.05, 3.63) is 69.7 Å². The van der Waals surface area contributed by atoms with Gasteiger partial charge >= 0.3 is 0 Å². The highest BCUT2D eigenvalue weighted by Crippen LogP contribution is 2.51. The van der Waals surface area contributed by atoms with Gasteiger partial charge in [-0.1, -0.05) is 59.0 Å². The van der Waals surface area contributed by atoms with Gasteiger partial charge in [-0.25, -0.2) is 0 Å². The number of benzene rings is 2. The van der Waals surface area contributed by atoms with Crippen molar-refractivity contribution in [1.82, 2.24) is 4.90 Å². The molecule has 0 radical (unpaired) electrons. The van der Waals surface area contributed by atoms with Crippen molar-refractivity contribution >= 4 is 28.9 Å². The lowest BCUT2D eigenvalue weighted by molar-refractivity contribution is 0.0609. The first-order valence-corrected chi connectivity index (χ1v) is 10.2. The maximum absolute atomic E-state index is 6.14. The highest BCUT2D eigenvalue weighted by molar-refractivity contribution is 6.30. The summed E-state index contributed by atoms with van der Waals surface area (Å²) in [4.78, 5) is 7.80. The van der Waals surface area contributed by atoms with Crippen LogP contribution >= 0.6 is 23.2 Å². The van der Waals surface area contributed by atoms with Gasteiger partial charge < -0.3 is 4.84 Å². The quantitative estimate of drug-likeness (QED) is 0.575. The Morgan fingerprint density at radius 3 is 1.70 bits per heavy atom. The number of piperidine rings is 1. The van der Waals surface area contributed by atoms with Crippen molar-refractivity contribution < 1.29 is 4.84 Å². The fourth-order valence-corrected chi connectivity index (χ4v) is 5.26. The Morgan fingerprint density at radius 2 is 1.30 bits per heavy atom. The predicted octanol–water partition coefficient (Wildman–Crippen LogP) is 6.14. The maximum atomic E-state index is 6.14. The second-order valence-electron chi connectivity index (χ2n) is 7.50. The van der Waals surface area contributed by atoms with Crippen LogP contribution in [0.1, 0.15) is 42.5 Å². The summed E-state index contributed by atoms with van der Waals surface area (Å²) in [7, 11) is 3.88. The number of halogens is 2. The average molecular weight is 403 g/mol. The van der Waals surface area contributed by atoms with Gasteiger partial charge in [0.1, 0.15) is 7.11 Å². The number of oxime groups is 1. The van der Waals surface area contributed by atoms with Gasteiger partial charge in [-0.2, -0.15) is 0 Å². The molecule has 5 heteroatoms. The van der Waals surface area contributed by atoms with Crippen LogP contribution in [0.15, 0.2) is 53.7 Å². The van der Waals surface area contributed by atoms with Crippen molar-refractivity contribution in [3.8, 4) is 0 Å². The molecule has 2 aliphatic rings. The van der Waals surface area contributed by atoms with Crippen molar-refractivity contribution in [2.24, 2.45) is 17.0 Å². The molecule has 0 aromatic heterocycles. The van der Waals surface area contributed by atoms with Crippen LogP contribution in [0, 0.1) is 11.8 Å². The summed E-state index contributed by atoms with van der Waals surface area (Å²) in [5.41, 5.74) is 3.74. The molecule has 1 heterocycles. The lowest BCUT2D eigenvalue weighted by Gasteiger charge is -2.52. The molecule has 2 fully saturated rings. The molecule has 2 bridgehead atoms. The average Bonchev–Trinajstić information content (AvgIpc) is 2.66. The number of nitrogens with zero attached hydrogens (tertiary/aromatic N) is 2. The smallest absolute Gasteiger partial charge is 0.106 e. The number of hydrogen-bond donors (Lipinski definition) is 0. The van der Waals surface area contributed by atoms with Gasteiger partial charge in [0, 0.05) is 34.0 Å². The molecule has 1 saturated carbocycles. The van der Waals surface area contributed by atoms with E-state index in [1.54, 1.807) is 7.11 Å². The molecule has 27 heavy (non-hydrogen) atoms. The molecule has 3 nitrogen and oxygen atoms in total. The van der Waals surface area contributed by atoms with Gasteiger partial charge in [-0.15, -0.1) is 0 Å². The molecule has 0 spiro atoms. The third-order valence-corrected chi connectivity index (χ3v) is 6.55. The molecule has 4 atom stereocenters. The molecular weight excluding hydrogens is 379 g/mol. The Bertz CT molecular complexity index is 756. The Kier molecular flexibility index (Phi) is 5.45. The third-order valence-electron chi connectivity index (χ3n) is 6.05.